The van der Waals surface area contributed by atoms with Gasteiger partial charge in [-0.1, -0.05) is 24.3 Å². The molecule has 3 heterocycles. The van der Waals surface area contributed by atoms with E-state index in [1.165, 1.54) is 48.2 Å². The molecule has 0 aliphatic heterocycles. The Kier molecular flexibility index (Phi) is 4.68. The van der Waals surface area contributed by atoms with Crippen molar-refractivity contribution in [1.29, 1.82) is 0 Å². The molecule has 0 unspecified atom stereocenters. The molecule has 0 fully saturated rings. The number of aromatic nitrogens is 3. The minimum absolute atomic E-state index is 0.0743. The Morgan fingerprint density at radius 3 is 2.34 bits per heavy atom. The van der Waals surface area contributed by atoms with Gasteiger partial charge in [0.1, 0.15) is 0 Å². The molecule has 3 nitrogen and oxygen atoms in total. The number of hydrogen-bond donors (Lipinski definition) is 0. The van der Waals surface area contributed by atoms with Crippen LogP contribution in [0.25, 0.3) is 70.7 Å². The summed E-state index contributed by atoms with van der Waals surface area (Å²) in [6.45, 7) is 4.66. The first-order chi connectivity index (χ1) is 20.1. The standard InChI is InChI=1S/C37H25N3Se/c1-37(2)29-12-6-3-9-23(29)24-16-15-22(21-30(24)37)34-27-11-4-7-13-31(27)38-36(39-34)40-32-14-8-5-10-25(32)26-17-18-33-28(35(26)40)19-20-41-33/h3-21H,1-2H3. The molecular weight excluding hydrogens is 565 g/mol. The summed E-state index contributed by atoms with van der Waals surface area (Å²) < 4.78 is 3.70. The average molecular weight is 591 g/mol. The van der Waals surface area contributed by atoms with E-state index in [0.29, 0.717) is 20.5 Å². The molecule has 0 bridgehead atoms. The summed E-state index contributed by atoms with van der Waals surface area (Å²) >= 11 is 0.356. The quantitative estimate of drug-likeness (QED) is 0.188. The van der Waals surface area contributed by atoms with Crippen LogP contribution >= 0.6 is 0 Å². The van der Waals surface area contributed by atoms with Gasteiger partial charge in [0.25, 0.3) is 0 Å². The monoisotopic (exact) mass is 591 g/mol. The molecule has 8 aromatic rings. The maximum absolute atomic E-state index is 5.39. The molecule has 194 valence electrons. The summed E-state index contributed by atoms with van der Waals surface area (Å²) in [6, 6.07) is 39.6. The van der Waals surface area contributed by atoms with E-state index in [0.717, 1.165) is 27.7 Å². The first-order valence-electron chi connectivity index (χ1n) is 14.0. The van der Waals surface area contributed by atoms with Gasteiger partial charge in [0, 0.05) is 0 Å². The molecule has 0 N–H and O–H groups in total. The van der Waals surface area contributed by atoms with Crippen LogP contribution in [0.4, 0.5) is 0 Å². The van der Waals surface area contributed by atoms with Gasteiger partial charge in [0.15, 0.2) is 0 Å². The van der Waals surface area contributed by atoms with Crippen molar-refractivity contribution in [3.63, 3.8) is 0 Å². The van der Waals surface area contributed by atoms with Crippen molar-refractivity contribution in [2.75, 3.05) is 0 Å². The Labute approximate surface area is 243 Å². The van der Waals surface area contributed by atoms with Crippen LogP contribution in [-0.4, -0.2) is 29.0 Å². The van der Waals surface area contributed by atoms with E-state index in [2.05, 4.69) is 133 Å². The zero-order valence-electron chi connectivity index (χ0n) is 22.7. The molecule has 0 saturated carbocycles. The van der Waals surface area contributed by atoms with Gasteiger partial charge >= 0.3 is 220 Å². The third-order valence-corrected chi connectivity index (χ3v) is 10.8. The summed E-state index contributed by atoms with van der Waals surface area (Å²) in [6.07, 6.45) is 0. The number of benzene rings is 5. The molecule has 9 rings (SSSR count). The zero-order chi connectivity index (χ0) is 27.3. The summed E-state index contributed by atoms with van der Waals surface area (Å²) in [7, 11) is 0. The number of rotatable bonds is 2. The van der Waals surface area contributed by atoms with Crippen LogP contribution in [0, 0.1) is 0 Å². The predicted octanol–water partition coefficient (Wildman–Crippen LogP) is 8.91. The zero-order valence-corrected chi connectivity index (χ0v) is 24.4. The van der Waals surface area contributed by atoms with Gasteiger partial charge in [-0.05, 0) is 0 Å². The normalized spacial score (nSPS) is 13.8. The molecule has 0 amide bonds. The van der Waals surface area contributed by atoms with Crippen LogP contribution in [0.5, 0.6) is 0 Å². The van der Waals surface area contributed by atoms with Crippen LogP contribution < -0.4 is 0 Å². The van der Waals surface area contributed by atoms with Gasteiger partial charge in [-0.15, -0.1) is 0 Å². The van der Waals surface area contributed by atoms with Crippen LogP contribution in [0.3, 0.4) is 0 Å². The van der Waals surface area contributed by atoms with Crippen molar-refractivity contribution in [3.8, 4) is 28.3 Å². The Morgan fingerprint density at radius 2 is 1.41 bits per heavy atom. The third-order valence-electron chi connectivity index (χ3n) is 8.91. The summed E-state index contributed by atoms with van der Waals surface area (Å²) in [5, 5.41) is 4.85. The fourth-order valence-corrected chi connectivity index (χ4v) is 8.60. The first-order valence-corrected chi connectivity index (χ1v) is 15.9. The number of hydrogen-bond acceptors (Lipinski definition) is 2. The fraction of sp³-hybridized carbons (Fsp3) is 0.0811. The molecule has 0 saturated heterocycles. The van der Waals surface area contributed by atoms with Crippen LogP contribution in [0.2, 0.25) is 0 Å². The van der Waals surface area contributed by atoms with Crippen molar-refractivity contribution in [3.05, 3.63) is 125 Å². The molecule has 0 atom stereocenters. The van der Waals surface area contributed by atoms with E-state index in [1.807, 2.05) is 0 Å². The van der Waals surface area contributed by atoms with Gasteiger partial charge in [-0.3, -0.25) is 0 Å². The maximum atomic E-state index is 5.39. The van der Waals surface area contributed by atoms with Gasteiger partial charge in [0.05, 0.1) is 0 Å². The third kappa shape index (κ3) is 3.15. The molecule has 1 aliphatic carbocycles. The molecular formula is C37H25N3Se. The molecule has 0 spiro atoms. The molecule has 41 heavy (non-hydrogen) atoms. The van der Waals surface area contributed by atoms with Gasteiger partial charge in [-0.25, -0.2) is 0 Å². The Morgan fingerprint density at radius 1 is 0.634 bits per heavy atom. The van der Waals surface area contributed by atoms with E-state index in [-0.39, 0.29) is 5.41 Å². The minimum atomic E-state index is -0.0743. The van der Waals surface area contributed by atoms with Crippen molar-refractivity contribution >= 4 is 56.9 Å². The Hall–Kier alpha value is -4.50. The summed E-state index contributed by atoms with van der Waals surface area (Å²) in [4.78, 5) is 12.9. The number of nitrogens with zero attached hydrogens (tertiary/aromatic N) is 3. The second-order valence-electron chi connectivity index (χ2n) is 11.5. The molecule has 3 aromatic heterocycles. The number of fused-ring (bicyclic) bond motifs is 9. The van der Waals surface area contributed by atoms with Crippen molar-refractivity contribution in [2.24, 2.45) is 0 Å². The van der Waals surface area contributed by atoms with E-state index in [4.69, 9.17) is 9.97 Å². The van der Waals surface area contributed by atoms with E-state index in [9.17, 15) is 0 Å². The van der Waals surface area contributed by atoms with Crippen molar-refractivity contribution < 1.29 is 0 Å². The van der Waals surface area contributed by atoms with E-state index < -0.39 is 0 Å². The molecule has 4 heteroatoms. The summed E-state index contributed by atoms with van der Waals surface area (Å²) in [5.41, 5.74) is 10.7. The fourth-order valence-electron chi connectivity index (χ4n) is 6.95. The van der Waals surface area contributed by atoms with Crippen LogP contribution in [-0.2, 0) is 5.41 Å². The topological polar surface area (TPSA) is 30.7 Å². The SMILES string of the molecule is CC1(C)c2ccccc2-c2ccc(-c3nc(-n4c5ccccc5c5ccc6[se]ccc6c54)nc4ccccc34)cc21. The molecule has 0 radical (unpaired) electrons. The molecule has 1 aliphatic rings. The van der Waals surface area contributed by atoms with E-state index in [1.54, 1.807) is 0 Å². The molecule has 5 aromatic carbocycles. The van der Waals surface area contributed by atoms with E-state index >= 15 is 0 Å². The Balaban J connectivity index is 1.36. The van der Waals surface area contributed by atoms with Crippen molar-refractivity contribution in [1.82, 2.24) is 14.5 Å². The van der Waals surface area contributed by atoms with Gasteiger partial charge < -0.3 is 0 Å². The first kappa shape index (κ1) is 23.2. The Bertz CT molecular complexity index is 2350. The van der Waals surface area contributed by atoms with Crippen LogP contribution in [0.15, 0.2) is 114 Å². The van der Waals surface area contributed by atoms with Gasteiger partial charge in [0.2, 0.25) is 0 Å². The average Bonchev–Trinajstić information content (AvgIpc) is 3.68. The second kappa shape index (κ2) is 8.26. The van der Waals surface area contributed by atoms with Crippen LogP contribution in [0.1, 0.15) is 25.0 Å². The summed E-state index contributed by atoms with van der Waals surface area (Å²) in [5.74, 6) is 0.717. The van der Waals surface area contributed by atoms with Crippen molar-refractivity contribution in [2.45, 2.75) is 19.3 Å². The predicted molar refractivity (Wildman–Crippen MR) is 171 cm³/mol. The number of para-hydroxylation sites is 2. The van der Waals surface area contributed by atoms with Gasteiger partial charge in [-0.2, -0.15) is 0 Å². The second-order valence-corrected chi connectivity index (χ2v) is 13.5.